The summed E-state index contributed by atoms with van der Waals surface area (Å²) in [5.74, 6) is -0.257. The summed E-state index contributed by atoms with van der Waals surface area (Å²) >= 11 is 0. The Morgan fingerprint density at radius 3 is 2.46 bits per heavy atom. The Morgan fingerprint density at radius 1 is 1.07 bits per heavy atom. The van der Waals surface area contributed by atoms with E-state index < -0.39 is 5.69 Å². The van der Waals surface area contributed by atoms with Gasteiger partial charge in [0.1, 0.15) is 6.54 Å². The molecule has 28 heavy (non-hydrogen) atoms. The molecular formula is C22H25N3O3. The lowest BCUT2D eigenvalue weighted by molar-refractivity contribution is -0.122. The van der Waals surface area contributed by atoms with Gasteiger partial charge in [0.25, 0.3) is 5.56 Å². The first-order valence-corrected chi connectivity index (χ1v) is 9.44. The van der Waals surface area contributed by atoms with E-state index in [2.05, 4.69) is 5.32 Å². The molecule has 1 amide bonds. The second kappa shape index (κ2) is 7.84. The number of carbonyl (C=O) groups is 1. The maximum Gasteiger partial charge on any atom is 0.336 e. The molecule has 3 rings (SSSR count). The molecule has 0 radical (unpaired) electrons. The van der Waals surface area contributed by atoms with E-state index in [4.69, 9.17) is 0 Å². The van der Waals surface area contributed by atoms with Crippen LogP contribution in [-0.2, 0) is 11.3 Å². The van der Waals surface area contributed by atoms with Crippen LogP contribution < -0.4 is 16.6 Å². The number of aromatic nitrogens is 2. The number of aryl methyl sites for hydroxylation is 2. The standard InChI is InChI=1S/C22H25N3O3/c1-5-16(4)23-20(26)13-24-19-10-9-15(3)12-18(19)21(27)25(22(24)28)17-8-6-7-14(2)11-17/h6-12,16H,5,13H2,1-4H3,(H,23,26). The van der Waals surface area contributed by atoms with Gasteiger partial charge in [0.15, 0.2) is 0 Å². The molecule has 2 aromatic carbocycles. The maximum atomic E-state index is 13.2. The summed E-state index contributed by atoms with van der Waals surface area (Å²) in [6.07, 6.45) is 0.795. The molecule has 0 fully saturated rings. The van der Waals surface area contributed by atoms with Gasteiger partial charge in [-0.1, -0.05) is 30.7 Å². The number of nitrogens with one attached hydrogen (secondary N) is 1. The predicted molar refractivity (Wildman–Crippen MR) is 111 cm³/mol. The van der Waals surface area contributed by atoms with Crippen molar-refractivity contribution in [2.24, 2.45) is 0 Å². The maximum absolute atomic E-state index is 13.2. The molecule has 1 N–H and O–H groups in total. The van der Waals surface area contributed by atoms with Crippen LogP contribution in [0.1, 0.15) is 31.4 Å². The van der Waals surface area contributed by atoms with Gasteiger partial charge >= 0.3 is 5.69 Å². The molecule has 0 saturated carbocycles. The van der Waals surface area contributed by atoms with Crippen molar-refractivity contribution in [3.8, 4) is 5.69 Å². The van der Waals surface area contributed by atoms with Crippen LogP contribution >= 0.6 is 0 Å². The minimum atomic E-state index is -0.522. The van der Waals surface area contributed by atoms with Gasteiger partial charge in [-0.05, 0) is 57.0 Å². The molecule has 0 spiro atoms. The lowest BCUT2D eigenvalue weighted by atomic mass is 10.1. The Bertz CT molecular complexity index is 1160. The Balaban J connectivity index is 2.26. The molecule has 1 heterocycles. The Kier molecular flexibility index (Phi) is 5.49. The summed E-state index contributed by atoms with van der Waals surface area (Å²) in [6.45, 7) is 7.54. The normalized spacial score (nSPS) is 12.1. The second-order valence-electron chi connectivity index (χ2n) is 7.25. The van der Waals surface area contributed by atoms with E-state index in [0.29, 0.717) is 16.6 Å². The highest BCUT2D eigenvalue weighted by molar-refractivity contribution is 5.82. The summed E-state index contributed by atoms with van der Waals surface area (Å²) < 4.78 is 2.52. The van der Waals surface area contributed by atoms with E-state index in [0.717, 1.165) is 22.1 Å². The summed E-state index contributed by atoms with van der Waals surface area (Å²) in [7, 11) is 0. The van der Waals surface area contributed by atoms with Gasteiger partial charge in [0.05, 0.1) is 16.6 Å². The van der Waals surface area contributed by atoms with Crippen molar-refractivity contribution in [3.05, 3.63) is 74.4 Å². The lowest BCUT2D eigenvalue weighted by Crippen LogP contribution is -2.43. The van der Waals surface area contributed by atoms with Crippen LogP contribution in [0.3, 0.4) is 0 Å². The summed E-state index contributed by atoms with van der Waals surface area (Å²) in [6, 6.07) is 12.5. The molecule has 0 saturated heterocycles. The van der Waals surface area contributed by atoms with Crippen LogP contribution in [0.4, 0.5) is 0 Å². The molecule has 3 aromatic rings. The molecule has 1 aromatic heterocycles. The third-order valence-corrected chi connectivity index (χ3v) is 4.88. The van der Waals surface area contributed by atoms with Gasteiger partial charge < -0.3 is 5.32 Å². The number of rotatable bonds is 5. The fourth-order valence-electron chi connectivity index (χ4n) is 3.20. The van der Waals surface area contributed by atoms with E-state index in [9.17, 15) is 14.4 Å². The molecule has 6 nitrogen and oxygen atoms in total. The minimum absolute atomic E-state index is 0.0133. The number of benzene rings is 2. The lowest BCUT2D eigenvalue weighted by Gasteiger charge is -2.16. The number of amides is 1. The number of carbonyl (C=O) groups excluding carboxylic acids is 1. The largest absolute Gasteiger partial charge is 0.352 e. The van der Waals surface area contributed by atoms with Crippen LogP contribution in [0, 0.1) is 13.8 Å². The van der Waals surface area contributed by atoms with Crippen molar-refractivity contribution in [3.63, 3.8) is 0 Å². The third-order valence-electron chi connectivity index (χ3n) is 4.88. The predicted octanol–water partition coefficient (Wildman–Crippen LogP) is 2.68. The van der Waals surface area contributed by atoms with Gasteiger partial charge in [0, 0.05) is 6.04 Å². The minimum Gasteiger partial charge on any atom is -0.352 e. The zero-order chi connectivity index (χ0) is 20.4. The highest BCUT2D eigenvalue weighted by Crippen LogP contribution is 2.13. The molecule has 146 valence electrons. The third kappa shape index (κ3) is 3.76. The van der Waals surface area contributed by atoms with Crippen molar-refractivity contribution in [1.82, 2.24) is 14.5 Å². The quantitative estimate of drug-likeness (QED) is 0.741. The van der Waals surface area contributed by atoms with E-state index >= 15 is 0 Å². The fourth-order valence-corrected chi connectivity index (χ4v) is 3.20. The van der Waals surface area contributed by atoms with Crippen LogP contribution in [0.2, 0.25) is 0 Å². The molecule has 1 atom stereocenters. The molecular weight excluding hydrogens is 354 g/mol. The van der Waals surface area contributed by atoms with Crippen molar-refractivity contribution >= 4 is 16.8 Å². The molecule has 0 bridgehead atoms. The highest BCUT2D eigenvalue weighted by atomic mass is 16.2. The molecule has 1 unspecified atom stereocenters. The smallest absolute Gasteiger partial charge is 0.336 e. The fraction of sp³-hybridized carbons (Fsp3) is 0.318. The van der Waals surface area contributed by atoms with E-state index in [-0.39, 0.29) is 24.1 Å². The van der Waals surface area contributed by atoms with E-state index in [1.54, 1.807) is 30.3 Å². The Hall–Kier alpha value is -3.15. The van der Waals surface area contributed by atoms with Gasteiger partial charge in [-0.25, -0.2) is 9.36 Å². The Labute approximate surface area is 163 Å². The van der Waals surface area contributed by atoms with Crippen molar-refractivity contribution in [2.45, 2.75) is 46.7 Å². The van der Waals surface area contributed by atoms with Gasteiger partial charge in [-0.15, -0.1) is 0 Å². The summed E-state index contributed by atoms with van der Waals surface area (Å²) in [4.78, 5) is 38.8. The molecule has 6 heteroatoms. The SMILES string of the molecule is CCC(C)NC(=O)Cn1c(=O)n(-c2cccc(C)c2)c(=O)c2cc(C)ccc21. The first-order valence-electron chi connectivity index (χ1n) is 9.44. The highest BCUT2D eigenvalue weighted by Gasteiger charge is 2.17. The van der Waals surface area contributed by atoms with Crippen LogP contribution in [-0.4, -0.2) is 21.1 Å². The van der Waals surface area contributed by atoms with E-state index in [1.807, 2.05) is 39.8 Å². The van der Waals surface area contributed by atoms with Crippen molar-refractivity contribution in [2.75, 3.05) is 0 Å². The number of nitrogens with zero attached hydrogens (tertiary/aromatic N) is 2. The average molecular weight is 379 g/mol. The van der Waals surface area contributed by atoms with Crippen LogP contribution in [0.25, 0.3) is 16.6 Å². The topological polar surface area (TPSA) is 73.1 Å². The zero-order valence-corrected chi connectivity index (χ0v) is 16.7. The zero-order valence-electron chi connectivity index (χ0n) is 16.7. The van der Waals surface area contributed by atoms with Crippen molar-refractivity contribution < 1.29 is 4.79 Å². The average Bonchev–Trinajstić information content (AvgIpc) is 2.65. The first-order chi connectivity index (χ1) is 13.3. The summed E-state index contributed by atoms with van der Waals surface area (Å²) in [5, 5.41) is 3.29. The van der Waals surface area contributed by atoms with Gasteiger partial charge in [0.2, 0.25) is 5.91 Å². The number of hydrogen-bond donors (Lipinski definition) is 1. The van der Waals surface area contributed by atoms with Crippen LogP contribution in [0.5, 0.6) is 0 Å². The molecule has 0 aliphatic carbocycles. The monoisotopic (exact) mass is 379 g/mol. The number of hydrogen-bond acceptors (Lipinski definition) is 3. The molecule has 0 aliphatic heterocycles. The summed E-state index contributed by atoms with van der Waals surface area (Å²) in [5.41, 5.74) is 1.90. The number of fused-ring (bicyclic) bond motifs is 1. The Morgan fingerprint density at radius 2 is 1.79 bits per heavy atom. The van der Waals surface area contributed by atoms with Crippen molar-refractivity contribution in [1.29, 1.82) is 0 Å². The van der Waals surface area contributed by atoms with Crippen LogP contribution in [0.15, 0.2) is 52.1 Å². The van der Waals surface area contributed by atoms with Gasteiger partial charge in [-0.2, -0.15) is 0 Å². The first kappa shape index (κ1) is 19.6. The molecule has 0 aliphatic rings. The van der Waals surface area contributed by atoms with Gasteiger partial charge in [-0.3, -0.25) is 14.2 Å². The second-order valence-corrected chi connectivity index (χ2v) is 7.25. The van der Waals surface area contributed by atoms with E-state index in [1.165, 1.54) is 4.57 Å².